The van der Waals surface area contributed by atoms with Gasteiger partial charge in [-0.2, -0.15) is 0 Å². The number of likely N-dealkylation sites (N-methyl/N-ethyl adjacent to an activating group) is 1. The number of carbonyl (C=O) groups is 1. The summed E-state index contributed by atoms with van der Waals surface area (Å²) in [6, 6.07) is 8.85. The van der Waals surface area contributed by atoms with Gasteiger partial charge in [-0.15, -0.1) is 0 Å². The lowest BCUT2D eigenvalue weighted by Crippen LogP contribution is -2.45. The normalized spacial score (nSPS) is 20.9. The summed E-state index contributed by atoms with van der Waals surface area (Å²) in [5.41, 5.74) is 11.4. The number of rotatable bonds is 22. The van der Waals surface area contributed by atoms with Crippen molar-refractivity contribution in [1.29, 1.82) is 0 Å². The van der Waals surface area contributed by atoms with E-state index in [2.05, 4.69) is 94.9 Å². The van der Waals surface area contributed by atoms with Crippen LogP contribution in [-0.4, -0.2) is 67.7 Å². The van der Waals surface area contributed by atoms with Crippen LogP contribution in [0.4, 0.5) is 5.69 Å². The minimum atomic E-state index is 0.106. The number of hydrogen-bond donors (Lipinski definition) is 4. The van der Waals surface area contributed by atoms with E-state index in [1.165, 1.54) is 76.1 Å². The Morgan fingerprint density at radius 3 is 2.44 bits per heavy atom. The van der Waals surface area contributed by atoms with Crippen LogP contribution >= 0.6 is 0 Å². The van der Waals surface area contributed by atoms with Gasteiger partial charge in [0.15, 0.2) is 0 Å². The van der Waals surface area contributed by atoms with E-state index >= 15 is 0 Å². The minimum absolute atomic E-state index is 0.106. The molecule has 1 saturated carbocycles. The molecule has 2 saturated heterocycles. The maximum atomic E-state index is 10.9. The first-order chi connectivity index (χ1) is 27.6. The average molecular weight is 775 g/mol. The Kier molecular flexibility index (Phi) is 16.9. The highest BCUT2D eigenvalue weighted by Gasteiger charge is 2.30. The Labute approximate surface area is 344 Å². The number of amidine groups is 1. The van der Waals surface area contributed by atoms with Gasteiger partial charge in [-0.1, -0.05) is 89.8 Å². The molecule has 9 nitrogen and oxygen atoms in total. The topological polar surface area (TPSA) is 87.3 Å². The Hall–Kier alpha value is -4.76. The molecule has 0 amide bonds. The fourth-order valence-corrected chi connectivity index (χ4v) is 8.53. The third-order valence-electron chi connectivity index (χ3n) is 12.1. The number of nitrogens with one attached hydrogen (secondary N) is 4. The summed E-state index contributed by atoms with van der Waals surface area (Å²) >= 11 is 0. The summed E-state index contributed by atoms with van der Waals surface area (Å²) in [5.74, 6) is 3.20. The molecule has 0 radical (unpaired) electrons. The number of hydrogen-bond acceptors (Lipinski definition) is 9. The van der Waals surface area contributed by atoms with Crippen LogP contribution in [0.1, 0.15) is 95.5 Å². The molecule has 308 valence electrons. The van der Waals surface area contributed by atoms with Crippen LogP contribution in [0.5, 0.6) is 0 Å². The van der Waals surface area contributed by atoms with Gasteiger partial charge in [-0.3, -0.25) is 10.2 Å². The molecule has 5 rings (SSSR count). The monoisotopic (exact) mass is 775 g/mol. The van der Waals surface area contributed by atoms with Gasteiger partial charge < -0.3 is 25.8 Å². The van der Waals surface area contributed by atoms with Crippen LogP contribution < -0.4 is 26.4 Å². The van der Waals surface area contributed by atoms with E-state index in [-0.39, 0.29) is 6.04 Å². The largest absolute Gasteiger partial charge is 0.389 e. The number of allylic oxidation sites excluding steroid dienone is 5. The van der Waals surface area contributed by atoms with Crippen molar-refractivity contribution >= 4 is 17.8 Å². The van der Waals surface area contributed by atoms with E-state index in [4.69, 9.17) is 4.99 Å². The summed E-state index contributed by atoms with van der Waals surface area (Å²) in [4.78, 5) is 20.6. The standard InChI is InChI=1S/C48H70N8O/c1-36(49-30-13-9-14-31-50-46(20-12-15-34-57)38(3)40(5)54(7)47-28-22-37(2)51-39(47)4)21-23-43-24-26-45(27-25-43)56-41(6)52-48(53-56)44-19-16-32-55(35-44)33-29-42-17-10-8-11-18-42/h12,15,20,24-27,34,42,44,47,49-51H,1-6,8-11,13-14,16-19,21-23,28-33,35H2,7H3,(H,52,53)/b15-12-,46-20+. The Balaban J connectivity index is 0.962. The van der Waals surface area contributed by atoms with E-state index in [1.54, 1.807) is 6.08 Å². The summed E-state index contributed by atoms with van der Waals surface area (Å²) in [6.07, 6.45) is 23.5. The van der Waals surface area contributed by atoms with Crippen molar-refractivity contribution in [1.82, 2.24) is 31.2 Å². The SMILES string of the molecule is C=C(CCc1ccc(N2NC(C3CCCN(CCC4CCCCC4)C3)=NC2=C)cc1)NCCCCCN/C(=C/C=C\C=O)C(=C)C(=C)N(C)C1CCC(=C)NC1=C. The number of anilines is 1. The van der Waals surface area contributed by atoms with Gasteiger partial charge in [0.05, 0.1) is 11.7 Å². The molecule has 1 aromatic rings. The smallest absolute Gasteiger partial charge is 0.146 e. The van der Waals surface area contributed by atoms with E-state index in [1.807, 2.05) is 18.1 Å². The Bertz CT molecular complexity index is 1680. The van der Waals surface area contributed by atoms with Crippen molar-refractivity contribution < 1.29 is 4.79 Å². The number of aliphatic imine (C=N–C) groups is 1. The maximum absolute atomic E-state index is 10.9. The number of piperidine rings is 2. The van der Waals surface area contributed by atoms with Crippen LogP contribution in [-0.2, 0) is 11.2 Å². The highest BCUT2D eigenvalue weighted by atomic mass is 16.1. The fraction of sp³-hybridized carbons (Fsp3) is 0.500. The predicted octanol–water partition coefficient (Wildman–Crippen LogP) is 8.78. The zero-order chi connectivity index (χ0) is 40.6. The highest BCUT2D eigenvalue weighted by molar-refractivity contribution is 5.90. The van der Waals surface area contributed by atoms with Crippen molar-refractivity contribution in [2.45, 2.75) is 102 Å². The van der Waals surface area contributed by atoms with Crippen molar-refractivity contribution in [3.05, 3.63) is 127 Å². The average Bonchev–Trinajstić information content (AvgIpc) is 3.62. The van der Waals surface area contributed by atoms with Crippen LogP contribution in [0.25, 0.3) is 0 Å². The van der Waals surface area contributed by atoms with Gasteiger partial charge in [-0.05, 0) is 113 Å². The number of aldehydes is 1. The second kappa shape index (κ2) is 22.3. The summed E-state index contributed by atoms with van der Waals surface area (Å²) in [6.45, 7) is 30.7. The zero-order valence-electron chi connectivity index (χ0n) is 34.9. The Morgan fingerprint density at radius 1 is 0.947 bits per heavy atom. The van der Waals surface area contributed by atoms with Gasteiger partial charge >= 0.3 is 0 Å². The number of unbranched alkanes of at least 4 members (excludes halogenated alkanes) is 2. The molecule has 3 fully saturated rings. The Morgan fingerprint density at radius 2 is 1.70 bits per heavy atom. The number of aryl methyl sites for hydroxylation is 1. The lowest BCUT2D eigenvalue weighted by molar-refractivity contribution is -0.104. The maximum Gasteiger partial charge on any atom is 0.146 e. The molecule has 57 heavy (non-hydrogen) atoms. The molecule has 4 N–H and O–H groups in total. The first-order valence-corrected chi connectivity index (χ1v) is 21.5. The van der Waals surface area contributed by atoms with Gasteiger partial charge in [0.2, 0.25) is 0 Å². The fourth-order valence-electron chi connectivity index (χ4n) is 8.53. The van der Waals surface area contributed by atoms with Crippen LogP contribution in [0.2, 0.25) is 0 Å². The van der Waals surface area contributed by atoms with Gasteiger partial charge in [-0.25, -0.2) is 10.0 Å². The van der Waals surface area contributed by atoms with Crippen LogP contribution in [0.15, 0.2) is 127 Å². The van der Waals surface area contributed by atoms with Crippen molar-refractivity contribution in [3.63, 3.8) is 0 Å². The third-order valence-corrected chi connectivity index (χ3v) is 12.1. The quantitative estimate of drug-likeness (QED) is 0.0403. The van der Waals surface area contributed by atoms with Gasteiger partial charge in [0.1, 0.15) is 17.9 Å². The summed E-state index contributed by atoms with van der Waals surface area (Å²) in [7, 11) is 2.02. The molecule has 3 aliphatic heterocycles. The number of benzene rings is 1. The van der Waals surface area contributed by atoms with Gasteiger partial charge in [0.25, 0.3) is 0 Å². The molecule has 0 aromatic heterocycles. The molecule has 4 aliphatic rings. The summed E-state index contributed by atoms with van der Waals surface area (Å²) < 4.78 is 0. The van der Waals surface area contributed by atoms with E-state index in [9.17, 15) is 4.79 Å². The molecule has 0 spiro atoms. The molecule has 1 aliphatic carbocycles. The highest BCUT2D eigenvalue weighted by Crippen LogP contribution is 2.30. The van der Waals surface area contributed by atoms with E-state index in [0.29, 0.717) is 5.92 Å². The van der Waals surface area contributed by atoms with Crippen molar-refractivity contribution in [3.8, 4) is 0 Å². The molecule has 9 heteroatoms. The van der Waals surface area contributed by atoms with Crippen molar-refractivity contribution in [2.75, 3.05) is 44.8 Å². The number of likely N-dealkylation sites (tertiary alicyclic amines) is 1. The van der Waals surface area contributed by atoms with Crippen LogP contribution in [0, 0.1) is 11.8 Å². The molecular weight excluding hydrogens is 705 g/mol. The zero-order valence-corrected chi connectivity index (χ0v) is 34.9. The lowest BCUT2D eigenvalue weighted by Gasteiger charge is -2.37. The molecule has 3 heterocycles. The van der Waals surface area contributed by atoms with E-state index < -0.39 is 0 Å². The molecular formula is C48H70N8O. The number of carbonyl (C=O) groups excluding carboxylic acids is 1. The number of nitrogens with zero attached hydrogens (tertiary/aromatic N) is 4. The molecule has 2 atom stereocenters. The number of hydrazine groups is 1. The second-order valence-corrected chi connectivity index (χ2v) is 16.4. The second-order valence-electron chi connectivity index (χ2n) is 16.4. The first kappa shape index (κ1) is 43.4. The molecule has 0 bridgehead atoms. The van der Waals surface area contributed by atoms with Gasteiger partial charge in [0, 0.05) is 66.7 Å². The van der Waals surface area contributed by atoms with Crippen molar-refractivity contribution in [2.24, 2.45) is 16.8 Å². The molecule has 1 aromatic carbocycles. The van der Waals surface area contributed by atoms with E-state index in [0.717, 1.165) is 128 Å². The first-order valence-electron chi connectivity index (χ1n) is 21.5. The third kappa shape index (κ3) is 13.1. The molecule has 2 unspecified atom stereocenters. The predicted molar refractivity (Wildman–Crippen MR) is 240 cm³/mol. The summed E-state index contributed by atoms with van der Waals surface area (Å²) in [5, 5.41) is 12.4. The minimum Gasteiger partial charge on any atom is -0.389 e. The lowest BCUT2D eigenvalue weighted by atomic mass is 9.86. The van der Waals surface area contributed by atoms with Crippen LogP contribution in [0.3, 0.4) is 0 Å².